The van der Waals surface area contributed by atoms with Crippen LogP contribution in [0.5, 0.6) is 0 Å². The molecule has 1 aromatic carbocycles. The van der Waals surface area contributed by atoms with Gasteiger partial charge in [-0.15, -0.1) is 0 Å². The summed E-state index contributed by atoms with van der Waals surface area (Å²) >= 11 is 0. The van der Waals surface area contributed by atoms with E-state index in [1.165, 1.54) is 0 Å². The normalized spacial score (nSPS) is 21.2. The quantitative estimate of drug-likeness (QED) is 0.695. The van der Waals surface area contributed by atoms with Crippen LogP contribution in [0.15, 0.2) is 24.3 Å². The maximum Gasteiger partial charge on any atom is 0.311 e. The van der Waals surface area contributed by atoms with Crippen LogP contribution in [0.4, 0.5) is 5.69 Å². The van der Waals surface area contributed by atoms with Crippen molar-refractivity contribution in [2.45, 2.75) is 63.8 Å². The Morgan fingerprint density at radius 3 is 2.70 bits per heavy atom. The smallest absolute Gasteiger partial charge is 0.311 e. The predicted molar refractivity (Wildman–Crippen MR) is 112 cm³/mol. The zero-order valence-corrected chi connectivity index (χ0v) is 17.6. The standard InChI is InChI=1S/C23H29N3O4/c1-3-16(2)18-8-4-5-9-19(18)26-13-17(12-21(26)28)22(29)30-14-20(27)25-23(15-24)10-6-7-11-23/h4-5,8-9,16-17H,3,6-7,10-14H2,1-2H3,(H,25,27)/t16-,17-/m1/s1. The highest BCUT2D eigenvalue weighted by Crippen LogP contribution is 2.34. The van der Waals surface area contributed by atoms with E-state index in [4.69, 9.17) is 4.74 Å². The number of nitrogens with zero attached hydrogens (tertiary/aromatic N) is 2. The number of benzene rings is 1. The fourth-order valence-electron chi connectivity index (χ4n) is 4.27. The second-order valence-corrected chi connectivity index (χ2v) is 8.33. The van der Waals surface area contributed by atoms with Gasteiger partial charge in [0, 0.05) is 18.7 Å². The van der Waals surface area contributed by atoms with Gasteiger partial charge in [0.2, 0.25) is 5.91 Å². The summed E-state index contributed by atoms with van der Waals surface area (Å²) in [6.07, 6.45) is 4.04. The number of esters is 1. The number of anilines is 1. The van der Waals surface area contributed by atoms with Crippen molar-refractivity contribution < 1.29 is 19.1 Å². The van der Waals surface area contributed by atoms with Gasteiger partial charge >= 0.3 is 5.97 Å². The molecule has 0 spiro atoms. The molecule has 1 saturated heterocycles. The van der Waals surface area contributed by atoms with E-state index in [9.17, 15) is 19.6 Å². The van der Waals surface area contributed by atoms with Crippen molar-refractivity contribution >= 4 is 23.5 Å². The van der Waals surface area contributed by atoms with Gasteiger partial charge in [0.1, 0.15) is 5.54 Å². The van der Waals surface area contributed by atoms with Gasteiger partial charge in [-0.3, -0.25) is 14.4 Å². The van der Waals surface area contributed by atoms with Crippen LogP contribution < -0.4 is 10.2 Å². The molecule has 160 valence electrons. The van der Waals surface area contributed by atoms with E-state index >= 15 is 0 Å². The monoisotopic (exact) mass is 411 g/mol. The van der Waals surface area contributed by atoms with E-state index in [0.717, 1.165) is 30.5 Å². The second kappa shape index (κ2) is 9.29. The zero-order chi connectivity index (χ0) is 21.7. The van der Waals surface area contributed by atoms with E-state index in [-0.39, 0.29) is 18.9 Å². The number of hydrogen-bond acceptors (Lipinski definition) is 5. The Hall–Kier alpha value is -2.88. The molecule has 0 radical (unpaired) electrons. The Labute approximate surface area is 177 Å². The maximum absolute atomic E-state index is 12.6. The minimum atomic E-state index is -0.844. The number of rotatable bonds is 7. The first-order valence-corrected chi connectivity index (χ1v) is 10.7. The summed E-state index contributed by atoms with van der Waals surface area (Å²) in [5, 5.41) is 12.0. The lowest BCUT2D eigenvalue weighted by atomic mass is 9.96. The van der Waals surface area contributed by atoms with Crippen LogP contribution >= 0.6 is 0 Å². The molecule has 1 aliphatic carbocycles. The van der Waals surface area contributed by atoms with Crippen LogP contribution in [0.3, 0.4) is 0 Å². The van der Waals surface area contributed by atoms with Crippen LogP contribution in [-0.2, 0) is 19.1 Å². The summed E-state index contributed by atoms with van der Waals surface area (Å²) in [4.78, 5) is 38.9. The molecule has 0 aromatic heterocycles. The third kappa shape index (κ3) is 4.64. The molecule has 2 aliphatic rings. The van der Waals surface area contributed by atoms with Crippen molar-refractivity contribution in [1.82, 2.24) is 5.32 Å². The fraction of sp³-hybridized carbons (Fsp3) is 0.565. The Kier molecular flexibility index (Phi) is 6.76. The summed E-state index contributed by atoms with van der Waals surface area (Å²) < 4.78 is 5.18. The number of para-hydroxylation sites is 1. The summed E-state index contributed by atoms with van der Waals surface area (Å²) in [6.45, 7) is 4.02. The summed E-state index contributed by atoms with van der Waals surface area (Å²) in [7, 11) is 0. The highest BCUT2D eigenvalue weighted by Gasteiger charge is 2.38. The van der Waals surface area contributed by atoms with Crippen molar-refractivity contribution in [3.8, 4) is 6.07 Å². The number of amides is 2. The topological polar surface area (TPSA) is 99.5 Å². The van der Waals surface area contributed by atoms with E-state index in [2.05, 4.69) is 25.2 Å². The molecule has 2 amide bonds. The highest BCUT2D eigenvalue weighted by molar-refractivity contribution is 6.00. The molecule has 1 heterocycles. The molecular weight excluding hydrogens is 382 g/mol. The third-order valence-corrected chi connectivity index (χ3v) is 6.22. The van der Waals surface area contributed by atoms with E-state index in [1.807, 2.05) is 24.3 Å². The second-order valence-electron chi connectivity index (χ2n) is 8.33. The van der Waals surface area contributed by atoms with Crippen LogP contribution in [-0.4, -0.2) is 36.5 Å². The molecule has 1 aliphatic heterocycles. The Morgan fingerprint density at radius 2 is 2.03 bits per heavy atom. The summed E-state index contributed by atoms with van der Waals surface area (Å²) in [5.74, 6) is -1.46. The maximum atomic E-state index is 12.6. The molecule has 7 nitrogen and oxygen atoms in total. The van der Waals surface area contributed by atoms with Crippen LogP contribution in [0.25, 0.3) is 0 Å². The number of nitriles is 1. The number of hydrogen-bond donors (Lipinski definition) is 1. The fourth-order valence-corrected chi connectivity index (χ4v) is 4.27. The lowest BCUT2D eigenvalue weighted by Crippen LogP contribution is -2.47. The number of nitrogens with one attached hydrogen (secondary N) is 1. The molecule has 1 aromatic rings. The van der Waals surface area contributed by atoms with Gasteiger partial charge in [0.15, 0.2) is 6.61 Å². The van der Waals surface area contributed by atoms with Gasteiger partial charge in [0.25, 0.3) is 5.91 Å². The molecule has 30 heavy (non-hydrogen) atoms. The van der Waals surface area contributed by atoms with Gasteiger partial charge in [0.05, 0.1) is 12.0 Å². The van der Waals surface area contributed by atoms with Crippen molar-refractivity contribution in [1.29, 1.82) is 5.26 Å². The largest absolute Gasteiger partial charge is 0.455 e. The predicted octanol–water partition coefficient (Wildman–Crippen LogP) is 3.05. The Morgan fingerprint density at radius 1 is 1.33 bits per heavy atom. The average Bonchev–Trinajstić information content (AvgIpc) is 3.38. The average molecular weight is 412 g/mol. The first-order valence-electron chi connectivity index (χ1n) is 10.7. The first-order chi connectivity index (χ1) is 14.4. The first kappa shape index (κ1) is 21.8. The van der Waals surface area contributed by atoms with Crippen molar-refractivity contribution in [2.75, 3.05) is 18.1 Å². The number of carbonyl (C=O) groups is 3. The van der Waals surface area contributed by atoms with Gasteiger partial charge in [-0.25, -0.2) is 0 Å². The van der Waals surface area contributed by atoms with E-state index in [0.29, 0.717) is 18.8 Å². The Balaban J connectivity index is 1.58. The zero-order valence-electron chi connectivity index (χ0n) is 17.6. The van der Waals surface area contributed by atoms with Gasteiger partial charge in [-0.05, 0) is 49.7 Å². The van der Waals surface area contributed by atoms with Crippen LogP contribution in [0.2, 0.25) is 0 Å². The molecular formula is C23H29N3O4. The van der Waals surface area contributed by atoms with Gasteiger partial charge < -0.3 is 15.0 Å². The Bertz CT molecular complexity index is 854. The van der Waals surface area contributed by atoms with Crippen LogP contribution in [0.1, 0.15) is 63.9 Å². The number of carbonyl (C=O) groups excluding carboxylic acids is 3. The molecule has 2 atom stereocenters. The molecule has 7 heteroatoms. The van der Waals surface area contributed by atoms with Crippen molar-refractivity contribution in [3.05, 3.63) is 29.8 Å². The van der Waals surface area contributed by atoms with Crippen molar-refractivity contribution in [2.24, 2.45) is 5.92 Å². The molecule has 1 saturated carbocycles. The van der Waals surface area contributed by atoms with E-state index in [1.54, 1.807) is 4.90 Å². The van der Waals surface area contributed by atoms with Gasteiger partial charge in [-0.1, -0.05) is 32.0 Å². The summed E-state index contributed by atoms with van der Waals surface area (Å²) in [5.41, 5.74) is 1.07. The van der Waals surface area contributed by atoms with Crippen LogP contribution in [0, 0.1) is 17.2 Å². The third-order valence-electron chi connectivity index (χ3n) is 6.22. The molecule has 0 unspecified atom stereocenters. The number of ether oxygens (including phenoxy) is 1. The molecule has 0 bridgehead atoms. The lowest BCUT2D eigenvalue weighted by molar-refractivity contribution is -0.152. The molecule has 3 rings (SSSR count). The highest BCUT2D eigenvalue weighted by atomic mass is 16.5. The van der Waals surface area contributed by atoms with Gasteiger partial charge in [-0.2, -0.15) is 5.26 Å². The van der Waals surface area contributed by atoms with Crippen molar-refractivity contribution in [3.63, 3.8) is 0 Å². The van der Waals surface area contributed by atoms with E-state index < -0.39 is 29.9 Å². The molecule has 1 N–H and O–H groups in total. The summed E-state index contributed by atoms with van der Waals surface area (Å²) in [6, 6.07) is 9.94. The molecule has 2 fully saturated rings. The lowest BCUT2D eigenvalue weighted by Gasteiger charge is -2.23. The minimum Gasteiger partial charge on any atom is -0.455 e. The minimum absolute atomic E-state index is 0.0669. The SMILES string of the molecule is CC[C@@H](C)c1ccccc1N1C[C@H](C(=O)OCC(=O)NC2(C#N)CCCC2)CC1=O.